The number of hydrogen-bond donors (Lipinski definition) is 3. The van der Waals surface area contributed by atoms with Crippen molar-refractivity contribution in [3.8, 4) is 0 Å². The lowest BCUT2D eigenvalue weighted by Crippen LogP contribution is -2.21. The van der Waals surface area contributed by atoms with Crippen LogP contribution in [0.15, 0.2) is 91.0 Å². The average Bonchev–Trinajstić information content (AvgIpc) is 2.79. The maximum atomic E-state index is 12.4. The first-order valence-electron chi connectivity index (χ1n) is 10.1. The zero-order valence-electron chi connectivity index (χ0n) is 17.2. The van der Waals surface area contributed by atoms with Crippen LogP contribution in [0.1, 0.15) is 15.9 Å². The number of carbonyl (C=O) groups is 2. The molecule has 0 aliphatic carbocycles. The molecule has 0 bridgehead atoms. The standard InChI is InChI=1S/C26H23N3O2/c1-18-6-4-9-20(16-18)26(31)28-22-14-12-21(13-15-22)27-17-25(30)29-24-11-5-8-19-7-2-3-10-23(19)24/h2-16,27H,17H2,1H3,(H,28,31)(H,29,30). The highest BCUT2D eigenvalue weighted by molar-refractivity contribution is 6.05. The molecule has 5 heteroatoms. The van der Waals surface area contributed by atoms with Gasteiger partial charge in [-0.25, -0.2) is 0 Å². The summed E-state index contributed by atoms with van der Waals surface area (Å²) in [6.07, 6.45) is 0. The molecule has 0 aromatic heterocycles. The topological polar surface area (TPSA) is 70.2 Å². The average molecular weight is 409 g/mol. The van der Waals surface area contributed by atoms with Crippen LogP contribution in [0.3, 0.4) is 0 Å². The maximum Gasteiger partial charge on any atom is 0.255 e. The number of rotatable bonds is 6. The predicted octanol–water partition coefficient (Wildman–Crippen LogP) is 5.45. The lowest BCUT2D eigenvalue weighted by Gasteiger charge is -2.11. The van der Waals surface area contributed by atoms with E-state index >= 15 is 0 Å². The molecule has 2 amide bonds. The number of anilines is 3. The second-order valence-electron chi connectivity index (χ2n) is 7.33. The molecule has 0 saturated carbocycles. The van der Waals surface area contributed by atoms with E-state index in [1.807, 2.05) is 79.7 Å². The van der Waals surface area contributed by atoms with Gasteiger partial charge in [0, 0.05) is 28.0 Å². The minimum atomic E-state index is -0.154. The highest BCUT2D eigenvalue weighted by atomic mass is 16.2. The monoisotopic (exact) mass is 409 g/mol. The molecule has 0 atom stereocenters. The smallest absolute Gasteiger partial charge is 0.255 e. The summed E-state index contributed by atoms with van der Waals surface area (Å²) >= 11 is 0. The summed E-state index contributed by atoms with van der Waals surface area (Å²) < 4.78 is 0. The summed E-state index contributed by atoms with van der Waals surface area (Å²) in [5.74, 6) is -0.285. The van der Waals surface area contributed by atoms with Crippen molar-refractivity contribution in [2.75, 3.05) is 22.5 Å². The summed E-state index contributed by atoms with van der Waals surface area (Å²) in [5, 5.41) is 11.0. The SMILES string of the molecule is Cc1cccc(C(=O)Nc2ccc(NCC(=O)Nc3cccc4ccccc34)cc2)c1. The van der Waals surface area contributed by atoms with E-state index in [9.17, 15) is 9.59 Å². The summed E-state index contributed by atoms with van der Waals surface area (Å²) in [6.45, 7) is 2.09. The number of benzene rings is 4. The van der Waals surface area contributed by atoms with Gasteiger partial charge in [0.05, 0.1) is 6.54 Å². The highest BCUT2D eigenvalue weighted by Gasteiger charge is 2.07. The van der Waals surface area contributed by atoms with Gasteiger partial charge in [-0.2, -0.15) is 0 Å². The summed E-state index contributed by atoms with van der Waals surface area (Å²) in [5.41, 5.74) is 3.93. The molecule has 0 unspecified atom stereocenters. The second kappa shape index (κ2) is 9.13. The summed E-state index contributed by atoms with van der Waals surface area (Å²) in [6, 6.07) is 28.5. The third kappa shape index (κ3) is 5.08. The first-order chi connectivity index (χ1) is 15.1. The number of amides is 2. The molecule has 0 saturated heterocycles. The quantitative estimate of drug-likeness (QED) is 0.396. The Morgan fingerprint density at radius 2 is 1.45 bits per heavy atom. The fourth-order valence-corrected chi connectivity index (χ4v) is 3.37. The van der Waals surface area contributed by atoms with Crippen LogP contribution in [0.5, 0.6) is 0 Å². The molecule has 0 aliphatic rings. The molecule has 4 aromatic carbocycles. The van der Waals surface area contributed by atoms with Crippen LogP contribution in [0, 0.1) is 6.92 Å². The predicted molar refractivity (Wildman–Crippen MR) is 127 cm³/mol. The third-order valence-corrected chi connectivity index (χ3v) is 4.94. The van der Waals surface area contributed by atoms with E-state index in [-0.39, 0.29) is 18.4 Å². The van der Waals surface area contributed by atoms with Gasteiger partial charge in [0.1, 0.15) is 0 Å². The van der Waals surface area contributed by atoms with Crippen molar-refractivity contribution in [3.05, 3.63) is 102 Å². The molecule has 4 aromatic rings. The number of hydrogen-bond acceptors (Lipinski definition) is 3. The molecular formula is C26H23N3O2. The van der Waals surface area contributed by atoms with E-state index in [4.69, 9.17) is 0 Å². The van der Waals surface area contributed by atoms with E-state index in [1.54, 1.807) is 18.2 Å². The molecule has 0 aliphatic heterocycles. The Bertz CT molecular complexity index is 1230. The zero-order valence-corrected chi connectivity index (χ0v) is 17.2. The van der Waals surface area contributed by atoms with E-state index in [1.165, 1.54) is 0 Å². The Morgan fingerprint density at radius 1 is 0.742 bits per heavy atom. The lowest BCUT2D eigenvalue weighted by atomic mass is 10.1. The van der Waals surface area contributed by atoms with Crippen LogP contribution in [0.2, 0.25) is 0 Å². The Balaban J connectivity index is 1.33. The van der Waals surface area contributed by atoms with Crippen molar-refractivity contribution >= 4 is 39.6 Å². The summed E-state index contributed by atoms with van der Waals surface area (Å²) in [7, 11) is 0. The van der Waals surface area contributed by atoms with Gasteiger partial charge in [-0.15, -0.1) is 0 Å². The molecular weight excluding hydrogens is 386 g/mol. The van der Waals surface area contributed by atoms with E-state index in [2.05, 4.69) is 16.0 Å². The minimum absolute atomic E-state index is 0.131. The first kappa shape index (κ1) is 20.2. The molecule has 0 spiro atoms. The van der Waals surface area contributed by atoms with Crippen molar-refractivity contribution in [2.24, 2.45) is 0 Å². The fourth-order valence-electron chi connectivity index (χ4n) is 3.37. The van der Waals surface area contributed by atoms with Crippen LogP contribution in [-0.2, 0) is 4.79 Å². The maximum absolute atomic E-state index is 12.4. The number of nitrogens with one attached hydrogen (secondary N) is 3. The highest BCUT2D eigenvalue weighted by Crippen LogP contribution is 2.23. The third-order valence-electron chi connectivity index (χ3n) is 4.94. The molecule has 0 heterocycles. The van der Waals surface area contributed by atoms with Crippen molar-refractivity contribution in [1.82, 2.24) is 0 Å². The molecule has 3 N–H and O–H groups in total. The van der Waals surface area contributed by atoms with E-state index in [0.717, 1.165) is 27.7 Å². The van der Waals surface area contributed by atoms with Crippen LogP contribution >= 0.6 is 0 Å². The van der Waals surface area contributed by atoms with Gasteiger partial charge in [0.2, 0.25) is 5.91 Å². The van der Waals surface area contributed by atoms with Gasteiger partial charge < -0.3 is 16.0 Å². The summed E-state index contributed by atoms with van der Waals surface area (Å²) in [4.78, 5) is 24.7. The van der Waals surface area contributed by atoms with Crippen molar-refractivity contribution < 1.29 is 9.59 Å². The molecule has 5 nitrogen and oxygen atoms in total. The fraction of sp³-hybridized carbons (Fsp3) is 0.0769. The van der Waals surface area contributed by atoms with E-state index in [0.29, 0.717) is 11.3 Å². The molecule has 0 fully saturated rings. The van der Waals surface area contributed by atoms with Crippen LogP contribution < -0.4 is 16.0 Å². The van der Waals surface area contributed by atoms with Gasteiger partial charge in [-0.3, -0.25) is 9.59 Å². The van der Waals surface area contributed by atoms with Crippen LogP contribution in [0.25, 0.3) is 10.8 Å². The lowest BCUT2D eigenvalue weighted by molar-refractivity contribution is -0.114. The van der Waals surface area contributed by atoms with Crippen molar-refractivity contribution in [1.29, 1.82) is 0 Å². The van der Waals surface area contributed by atoms with Gasteiger partial charge in [-0.1, -0.05) is 54.1 Å². The molecule has 31 heavy (non-hydrogen) atoms. The molecule has 154 valence electrons. The van der Waals surface area contributed by atoms with Crippen LogP contribution in [-0.4, -0.2) is 18.4 Å². The Morgan fingerprint density at radius 3 is 2.26 bits per heavy atom. The minimum Gasteiger partial charge on any atom is -0.376 e. The second-order valence-corrected chi connectivity index (χ2v) is 7.33. The Hall–Kier alpha value is -4.12. The van der Waals surface area contributed by atoms with Crippen molar-refractivity contribution in [3.63, 3.8) is 0 Å². The first-order valence-corrected chi connectivity index (χ1v) is 10.1. The normalized spacial score (nSPS) is 10.5. The van der Waals surface area contributed by atoms with Gasteiger partial charge in [-0.05, 0) is 54.8 Å². The van der Waals surface area contributed by atoms with Gasteiger partial charge >= 0.3 is 0 Å². The van der Waals surface area contributed by atoms with E-state index < -0.39 is 0 Å². The number of carbonyl (C=O) groups excluding carboxylic acids is 2. The Kier molecular flexibility index (Phi) is 5.94. The Labute approximate surface area is 181 Å². The largest absolute Gasteiger partial charge is 0.376 e. The molecule has 0 radical (unpaired) electrons. The van der Waals surface area contributed by atoms with Gasteiger partial charge in [0.25, 0.3) is 5.91 Å². The number of fused-ring (bicyclic) bond motifs is 1. The molecule has 4 rings (SSSR count). The number of aryl methyl sites for hydroxylation is 1. The van der Waals surface area contributed by atoms with Gasteiger partial charge in [0.15, 0.2) is 0 Å². The zero-order chi connectivity index (χ0) is 21.6. The van der Waals surface area contributed by atoms with Crippen molar-refractivity contribution in [2.45, 2.75) is 6.92 Å². The van der Waals surface area contributed by atoms with Crippen LogP contribution in [0.4, 0.5) is 17.1 Å².